The van der Waals surface area contributed by atoms with E-state index in [0.29, 0.717) is 0 Å². The van der Waals surface area contributed by atoms with Gasteiger partial charge < -0.3 is 5.32 Å². The van der Waals surface area contributed by atoms with Crippen LogP contribution in [0.25, 0.3) is 0 Å². The highest BCUT2D eigenvalue weighted by Crippen LogP contribution is 2.24. The molecule has 2 aromatic carbocycles. The number of benzene rings is 2. The van der Waals surface area contributed by atoms with Crippen LogP contribution in [0.3, 0.4) is 0 Å². The van der Waals surface area contributed by atoms with Gasteiger partial charge in [0.05, 0.1) is 0 Å². The summed E-state index contributed by atoms with van der Waals surface area (Å²) in [5.41, 5.74) is 2.70. The Morgan fingerprint density at radius 1 is 1.05 bits per heavy atom. The second-order valence-electron chi connectivity index (χ2n) is 4.74. The third kappa shape index (κ3) is 5.31. The first-order chi connectivity index (χ1) is 9.78. The standard InChI is InChI=1S/C17H20BrNS/c1-2-10-19-12-14-6-8-17(9-7-14)20-13-15-4-3-5-16(18)11-15/h3-9,11,19H,2,10,12-13H2,1H3. The van der Waals surface area contributed by atoms with Crippen molar-refractivity contribution in [3.05, 3.63) is 64.1 Å². The van der Waals surface area contributed by atoms with Crippen LogP contribution in [0, 0.1) is 0 Å². The van der Waals surface area contributed by atoms with Gasteiger partial charge in [0.25, 0.3) is 0 Å². The average molecular weight is 350 g/mol. The minimum atomic E-state index is 0.963. The maximum absolute atomic E-state index is 3.51. The van der Waals surface area contributed by atoms with Crippen LogP contribution >= 0.6 is 27.7 Å². The van der Waals surface area contributed by atoms with Crippen molar-refractivity contribution in [2.24, 2.45) is 0 Å². The van der Waals surface area contributed by atoms with Crippen LogP contribution in [0.4, 0.5) is 0 Å². The monoisotopic (exact) mass is 349 g/mol. The van der Waals surface area contributed by atoms with E-state index in [1.807, 2.05) is 11.8 Å². The van der Waals surface area contributed by atoms with Crippen molar-refractivity contribution >= 4 is 27.7 Å². The Morgan fingerprint density at radius 2 is 1.85 bits per heavy atom. The molecule has 0 aliphatic carbocycles. The van der Waals surface area contributed by atoms with Gasteiger partial charge in [0.2, 0.25) is 0 Å². The molecule has 0 amide bonds. The molecule has 0 fully saturated rings. The normalized spacial score (nSPS) is 10.7. The van der Waals surface area contributed by atoms with Crippen molar-refractivity contribution in [2.45, 2.75) is 30.5 Å². The Hall–Kier alpha value is -0.770. The molecule has 0 spiro atoms. The zero-order valence-corrected chi connectivity index (χ0v) is 14.1. The van der Waals surface area contributed by atoms with E-state index in [1.54, 1.807) is 0 Å². The van der Waals surface area contributed by atoms with Crippen LogP contribution in [0.15, 0.2) is 57.9 Å². The maximum Gasteiger partial charge on any atom is 0.0232 e. The van der Waals surface area contributed by atoms with Gasteiger partial charge in [-0.2, -0.15) is 0 Å². The number of thioether (sulfide) groups is 1. The fraction of sp³-hybridized carbons (Fsp3) is 0.294. The smallest absolute Gasteiger partial charge is 0.0232 e. The Bertz CT molecular complexity index is 525. The van der Waals surface area contributed by atoms with Crippen LogP contribution in [0.2, 0.25) is 0 Å². The van der Waals surface area contributed by atoms with Gasteiger partial charge in [0, 0.05) is 21.7 Å². The number of hydrogen-bond acceptors (Lipinski definition) is 2. The second kappa shape index (κ2) is 8.50. The van der Waals surface area contributed by atoms with Crippen molar-refractivity contribution in [1.29, 1.82) is 0 Å². The molecule has 1 nitrogen and oxygen atoms in total. The van der Waals surface area contributed by atoms with E-state index in [2.05, 4.69) is 76.7 Å². The first kappa shape index (κ1) is 15.6. The molecule has 20 heavy (non-hydrogen) atoms. The first-order valence-corrected chi connectivity index (χ1v) is 8.72. The summed E-state index contributed by atoms with van der Waals surface area (Å²) in [5.74, 6) is 1.01. The fourth-order valence-corrected chi connectivity index (χ4v) is 3.19. The van der Waals surface area contributed by atoms with Crippen molar-refractivity contribution in [2.75, 3.05) is 6.54 Å². The summed E-state index contributed by atoms with van der Waals surface area (Å²) in [4.78, 5) is 1.32. The third-order valence-corrected chi connectivity index (χ3v) is 4.55. The summed E-state index contributed by atoms with van der Waals surface area (Å²) < 4.78 is 1.15. The summed E-state index contributed by atoms with van der Waals surface area (Å²) in [7, 11) is 0. The van der Waals surface area contributed by atoms with Gasteiger partial charge in [0.1, 0.15) is 0 Å². The summed E-state index contributed by atoms with van der Waals surface area (Å²) in [5, 5.41) is 3.42. The molecule has 0 aliphatic heterocycles. The topological polar surface area (TPSA) is 12.0 Å². The van der Waals surface area contributed by atoms with Crippen molar-refractivity contribution in [3.8, 4) is 0 Å². The van der Waals surface area contributed by atoms with E-state index in [9.17, 15) is 0 Å². The minimum absolute atomic E-state index is 0.963. The summed E-state index contributed by atoms with van der Waals surface area (Å²) in [6.45, 7) is 4.23. The largest absolute Gasteiger partial charge is 0.313 e. The molecule has 0 unspecified atom stereocenters. The minimum Gasteiger partial charge on any atom is -0.313 e. The van der Waals surface area contributed by atoms with Gasteiger partial charge in [-0.15, -0.1) is 11.8 Å². The van der Waals surface area contributed by atoms with E-state index in [1.165, 1.54) is 22.4 Å². The molecule has 2 rings (SSSR count). The fourth-order valence-electron chi connectivity index (χ4n) is 1.91. The predicted molar refractivity (Wildman–Crippen MR) is 92.1 cm³/mol. The maximum atomic E-state index is 3.51. The lowest BCUT2D eigenvalue weighted by Gasteiger charge is -2.06. The molecular formula is C17H20BrNS. The highest BCUT2D eigenvalue weighted by atomic mass is 79.9. The lowest BCUT2D eigenvalue weighted by Crippen LogP contribution is -2.13. The molecule has 3 heteroatoms. The zero-order chi connectivity index (χ0) is 14.2. The van der Waals surface area contributed by atoms with Gasteiger partial charge in [-0.05, 0) is 48.4 Å². The van der Waals surface area contributed by atoms with E-state index >= 15 is 0 Å². The third-order valence-electron chi connectivity index (χ3n) is 2.97. The van der Waals surface area contributed by atoms with Crippen LogP contribution in [0.1, 0.15) is 24.5 Å². The molecular weight excluding hydrogens is 330 g/mol. The van der Waals surface area contributed by atoms with E-state index in [-0.39, 0.29) is 0 Å². The highest BCUT2D eigenvalue weighted by molar-refractivity contribution is 9.10. The Kier molecular flexibility index (Phi) is 6.64. The van der Waals surface area contributed by atoms with Gasteiger partial charge >= 0.3 is 0 Å². The molecule has 0 aliphatic rings. The Labute approximate surface area is 134 Å². The second-order valence-corrected chi connectivity index (χ2v) is 6.70. The molecule has 0 saturated heterocycles. The quantitative estimate of drug-likeness (QED) is 0.541. The molecule has 2 aromatic rings. The summed E-state index contributed by atoms with van der Waals surface area (Å²) in [6.07, 6.45) is 1.18. The Balaban J connectivity index is 1.84. The van der Waals surface area contributed by atoms with E-state index < -0.39 is 0 Å². The highest BCUT2D eigenvalue weighted by Gasteiger charge is 1.98. The lowest BCUT2D eigenvalue weighted by molar-refractivity contribution is 0.675. The molecule has 0 atom stereocenters. The number of hydrogen-bond donors (Lipinski definition) is 1. The molecule has 1 N–H and O–H groups in total. The SMILES string of the molecule is CCCNCc1ccc(SCc2cccc(Br)c2)cc1. The zero-order valence-electron chi connectivity index (χ0n) is 11.7. The van der Waals surface area contributed by atoms with Gasteiger partial charge in [-0.1, -0.05) is 47.1 Å². The Morgan fingerprint density at radius 3 is 2.55 bits per heavy atom. The van der Waals surface area contributed by atoms with Crippen molar-refractivity contribution in [3.63, 3.8) is 0 Å². The predicted octanol–water partition coefficient (Wildman–Crippen LogP) is 5.24. The molecule has 106 valence electrons. The number of rotatable bonds is 7. The van der Waals surface area contributed by atoms with Crippen LogP contribution in [0.5, 0.6) is 0 Å². The lowest BCUT2D eigenvalue weighted by atomic mass is 10.2. The van der Waals surface area contributed by atoms with Gasteiger partial charge in [-0.3, -0.25) is 0 Å². The van der Waals surface area contributed by atoms with Crippen LogP contribution < -0.4 is 5.32 Å². The van der Waals surface area contributed by atoms with Crippen LogP contribution in [-0.4, -0.2) is 6.54 Å². The van der Waals surface area contributed by atoms with Gasteiger partial charge in [-0.25, -0.2) is 0 Å². The average Bonchev–Trinajstić information content (AvgIpc) is 2.47. The molecule has 0 saturated carbocycles. The number of nitrogens with one attached hydrogen (secondary N) is 1. The molecule has 0 heterocycles. The van der Waals surface area contributed by atoms with Crippen LogP contribution in [-0.2, 0) is 12.3 Å². The van der Waals surface area contributed by atoms with Crippen molar-refractivity contribution < 1.29 is 0 Å². The van der Waals surface area contributed by atoms with E-state index in [0.717, 1.165) is 23.3 Å². The summed E-state index contributed by atoms with van der Waals surface area (Å²) in [6, 6.07) is 17.3. The molecule has 0 bridgehead atoms. The number of halogens is 1. The van der Waals surface area contributed by atoms with Gasteiger partial charge in [0.15, 0.2) is 0 Å². The van der Waals surface area contributed by atoms with E-state index in [4.69, 9.17) is 0 Å². The first-order valence-electron chi connectivity index (χ1n) is 6.95. The molecule has 0 aromatic heterocycles. The summed E-state index contributed by atoms with van der Waals surface area (Å²) >= 11 is 5.39. The van der Waals surface area contributed by atoms with Crippen molar-refractivity contribution in [1.82, 2.24) is 5.32 Å². The molecule has 0 radical (unpaired) electrons.